The SMILES string of the molecule is Cn1c(-c2cc(C(C)(C)C)cc3c2[nH]c2ccccc23)nc2c(-c3cccc(-c4cc(C(C)(C)C)ccn4)c3)cccc21. The quantitative estimate of drug-likeness (QED) is 0.233. The van der Waals surface area contributed by atoms with Crippen LogP contribution in [-0.4, -0.2) is 19.5 Å². The third-order valence-electron chi connectivity index (χ3n) is 8.73. The second-order valence-corrected chi connectivity index (χ2v) is 13.8. The van der Waals surface area contributed by atoms with Gasteiger partial charge in [0.25, 0.3) is 0 Å². The molecule has 3 heterocycles. The molecule has 0 fully saturated rings. The highest BCUT2D eigenvalue weighted by Gasteiger charge is 2.22. The number of H-pyrrole nitrogens is 1. The first kappa shape index (κ1) is 27.2. The Hall–Kier alpha value is -4.70. The normalized spacial score (nSPS) is 12.5. The van der Waals surface area contributed by atoms with E-state index in [0.717, 1.165) is 55.8 Å². The summed E-state index contributed by atoms with van der Waals surface area (Å²) in [4.78, 5) is 13.8. The zero-order valence-electron chi connectivity index (χ0n) is 26.1. The summed E-state index contributed by atoms with van der Waals surface area (Å²) in [5, 5.41) is 2.48. The van der Waals surface area contributed by atoms with Crippen molar-refractivity contribution in [3.05, 3.63) is 108 Å². The lowest BCUT2D eigenvalue weighted by atomic mass is 9.85. The highest BCUT2D eigenvalue weighted by Crippen LogP contribution is 2.40. The van der Waals surface area contributed by atoms with Gasteiger partial charge in [-0.2, -0.15) is 0 Å². The van der Waals surface area contributed by atoms with Crippen molar-refractivity contribution < 1.29 is 0 Å². The van der Waals surface area contributed by atoms with Gasteiger partial charge in [-0.3, -0.25) is 4.98 Å². The number of pyridine rings is 1. The van der Waals surface area contributed by atoms with Gasteiger partial charge in [0.15, 0.2) is 0 Å². The first-order valence-electron chi connectivity index (χ1n) is 15.1. The van der Waals surface area contributed by atoms with Gasteiger partial charge in [0.05, 0.1) is 22.2 Å². The van der Waals surface area contributed by atoms with Crippen LogP contribution in [0.4, 0.5) is 0 Å². The molecule has 0 aliphatic carbocycles. The average molecular weight is 563 g/mol. The van der Waals surface area contributed by atoms with Gasteiger partial charge in [-0.25, -0.2) is 4.98 Å². The summed E-state index contributed by atoms with van der Waals surface area (Å²) in [6, 6.07) is 32.7. The first-order valence-corrected chi connectivity index (χ1v) is 15.1. The molecular formula is C39H38N4. The number of fused-ring (bicyclic) bond motifs is 4. The van der Waals surface area contributed by atoms with Crippen LogP contribution in [-0.2, 0) is 17.9 Å². The molecule has 214 valence electrons. The number of nitrogens with zero attached hydrogens (tertiary/aromatic N) is 3. The Bertz CT molecular complexity index is 2160. The van der Waals surface area contributed by atoms with Crippen LogP contribution >= 0.6 is 0 Å². The van der Waals surface area contributed by atoms with E-state index in [1.165, 1.54) is 21.9 Å². The van der Waals surface area contributed by atoms with Crippen LogP contribution in [0.1, 0.15) is 52.7 Å². The molecule has 0 unspecified atom stereocenters. The number of para-hydroxylation sites is 2. The van der Waals surface area contributed by atoms with Crippen LogP contribution < -0.4 is 0 Å². The van der Waals surface area contributed by atoms with Gasteiger partial charge in [0, 0.05) is 46.2 Å². The highest BCUT2D eigenvalue weighted by atomic mass is 15.1. The molecule has 0 bridgehead atoms. The fourth-order valence-corrected chi connectivity index (χ4v) is 6.15. The lowest BCUT2D eigenvalue weighted by Gasteiger charge is -2.20. The first-order chi connectivity index (χ1) is 20.5. The molecule has 1 N–H and O–H groups in total. The Kier molecular flexibility index (Phi) is 6.10. The Balaban J connectivity index is 1.42. The van der Waals surface area contributed by atoms with Gasteiger partial charge < -0.3 is 9.55 Å². The largest absolute Gasteiger partial charge is 0.354 e. The van der Waals surface area contributed by atoms with Crippen LogP contribution in [0.5, 0.6) is 0 Å². The monoisotopic (exact) mass is 562 g/mol. The third-order valence-corrected chi connectivity index (χ3v) is 8.73. The summed E-state index contributed by atoms with van der Waals surface area (Å²) in [5.74, 6) is 0.959. The summed E-state index contributed by atoms with van der Waals surface area (Å²) in [6.07, 6.45) is 1.92. The molecule has 0 saturated heterocycles. The number of hydrogen-bond donors (Lipinski definition) is 1. The van der Waals surface area contributed by atoms with Crippen molar-refractivity contribution in [3.8, 4) is 33.8 Å². The van der Waals surface area contributed by atoms with Crippen LogP contribution in [0.15, 0.2) is 97.2 Å². The van der Waals surface area contributed by atoms with Crippen molar-refractivity contribution in [2.24, 2.45) is 7.05 Å². The summed E-state index contributed by atoms with van der Waals surface area (Å²) >= 11 is 0. The highest BCUT2D eigenvalue weighted by molar-refractivity contribution is 6.12. The summed E-state index contributed by atoms with van der Waals surface area (Å²) in [7, 11) is 2.13. The zero-order valence-corrected chi connectivity index (χ0v) is 26.1. The predicted molar refractivity (Wildman–Crippen MR) is 182 cm³/mol. The van der Waals surface area contributed by atoms with Crippen LogP contribution in [0, 0.1) is 0 Å². The van der Waals surface area contributed by atoms with Crippen LogP contribution in [0.3, 0.4) is 0 Å². The number of rotatable bonds is 3. The molecule has 0 spiro atoms. The standard InChI is InChI=1S/C39H38N4/c1-38(2,3)26-18-19-40-33(23-26)25-13-10-12-24(20-25)28-15-11-17-34-36(28)42-37(43(34)7)31-22-27(39(4,5)6)21-30-29-14-8-9-16-32(29)41-35(30)31/h8-23,41H,1-7H3. The molecular weight excluding hydrogens is 524 g/mol. The second kappa shape index (κ2) is 9.67. The van der Waals surface area contributed by atoms with Crippen molar-refractivity contribution in [2.75, 3.05) is 0 Å². The fourth-order valence-electron chi connectivity index (χ4n) is 6.15. The smallest absolute Gasteiger partial charge is 0.143 e. The number of nitrogens with one attached hydrogen (secondary N) is 1. The third kappa shape index (κ3) is 4.62. The summed E-state index contributed by atoms with van der Waals surface area (Å²) in [6.45, 7) is 13.5. The molecule has 0 aliphatic heterocycles. The average Bonchev–Trinajstić information content (AvgIpc) is 3.53. The van der Waals surface area contributed by atoms with Gasteiger partial charge >= 0.3 is 0 Å². The lowest BCUT2D eigenvalue weighted by Crippen LogP contribution is -2.11. The maximum atomic E-state index is 5.38. The van der Waals surface area contributed by atoms with E-state index in [2.05, 4.69) is 149 Å². The van der Waals surface area contributed by atoms with Crippen molar-refractivity contribution in [3.63, 3.8) is 0 Å². The topological polar surface area (TPSA) is 46.5 Å². The molecule has 4 nitrogen and oxygen atoms in total. The predicted octanol–water partition coefficient (Wildman–Crippen LogP) is 10.2. The van der Waals surface area contributed by atoms with Gasteiger partial charge in [-0.05, 0) is 70.0 Å². The number of aryl methyl sites for hydroxylation is 1. The van der Waals surface area contributed by atoms with E-state index in [1.807, 2.05) is 6.20 Å². The molecule has 4 aromatic carbocycles. The maximum Gasteiger partial charge on any atom is 0.143 e. The van der Waals surface area contributed by atoms with Crippen LogP contribution in [0.25, 0.3) is 66.6 Å². The summed E-state index contributed by atoms with van der Waals surface area (Å²) in [5.41, 5.74) is 12.5. The Morgan fingerprint density at radius 2 is 1.40 bits per heavy atom. The molecule has 0 atom stereocenters. The Morgan fingerprint density at radius 3 is 2.19 bits per heavy atom. The molecule has 0 amide bonds. The molecule has 0 radical (unpaired) electrons. The number of benzene rings is 4. The van der Waals surface area contributed by atoms with E-state index in [-0.39, 0.29) is 10.8 Å². The fraction of sp³-hybridized carbons (Fsp3) is 0.231. The van der Waals surface area contributed by atoms with Crippen molar-refractivity contribution in [1.82, 2.24) is 19.5 Å². The number of hydrogen-bond acceptors (Lipinski definition) is 2. The second-order valence-electron chi connectivity index (χ2n) is 13.8. The molecule has 4 heteroatoms. The van der Waals surface area contributed by atoms with Gasteiger partial charge in [0.2, 0.25) is 0 Å². The van der Waals surface area contributed by atoms with E-state index >= 15 is 0 Å². The number of aromatic amines is 1. The molecule has 3 aromatic heterocycles. The minimum absolute atomic E-state index is 0.00414. The van der Waals surface area contributed by atoms with Gasteiger partial charge in [-0.15, -0.1) is 0 Å². The van der Waals surface area contributed by atoms with E-state index < -0.39 is 0 Å². The van der Waals surface area contributed by atoms with E-state index in [0.29, 0.717) is 0 Å². The van der Waals surface area contributed by atoms with Gasteiger partial charge in [0.1, 0.15) is 5.82 Å². The van der Waals surface area contributed by atoms with Crippen LogP contribution in [0.2, 0.25) is 0 Å². The Labute approximate surface area is 253 Å². The molecule has 7 rings (SSSR count). The maximum absolute atomic E-state index is 5.38. The molecule has 0 aliphatic rings. The Morgan fingerprint density at radius 1 is 0.651 bits per heavy atom. The summed E-state index contributed by atoms with van der Waals surface area (Å²) < 4.78 is 2.24. The number of imidazole rings is 1. The zero-order chi connectivity index (χ0) is 30.1. The van der Waals surface area contributed by atoms with E-state index in [1.54, 1.807) is 0 Å². The minimum Gasteiger partial charge on any atom is -0.354 e. The molecule has 43 heavy (non-hydrogen) atoms. The lowest BCUT2D eigenvalue weighted by molar-refractivity contribution is 0.589. The van der Waals surface area contributed by atoms with Crippen molar-refractivity contribution in [2.45, 2.75) is 52.4 Å². The molecule has 7 aromatic rings. The minimum atomic E-state index is -0.00414. The van der Waals surface area contributed by atoms with E-state index in [9.17, 15) is 0 Å². The number of aromatic nitrogens is 4. The van der Waals surface area contributed by atoms with Crippen molar-refractivity contribution >= 4 is 32.8 Å². The van der Waals surface area contributed by atoms with E-state index in [4.69, 9.17) is 9.97 Å². The molecule has 0 saturated carbocycles. The van der Waals surface area contributed by atoms with Gasteiger partial charge in [-0.1, -0.05) is 90.1 Å². The van der Waals surface area contributed by atoms with Crippen molar-refractivity contribution in [1.29, 1.82) is 0 Å².